The quantitative estimate of drug-likeness (QED) is 0.336. The molecule has 2 aromatic rings. The van der Waals surface area contributed by atoms with E-state index in [2.05, 4.69) is 60.8 Å². The van der Waals surface area contributed by atoms with Gasteiger partial charge in [0.25, 0.3) is 5.91 Å². The van der Waals surface area contributed by atoms with E-state index in [1.54, 1.807) is 0 Å². The number of ketones is 2. The van der Waals surface area contributed by atoms with Gasteiger partial charge in [-0.1, -0.05) is 68.2 Å². The van der Waals surface area contributed by atoms with Gasteiger partial charge < -0.3 is 15.0 Å². The van der Waals surface area contributed by atoms with Gasteiger partial charge >= 0.3 is 0 Å². The maximum Gasteiger partial charge on any atom is 0.262 e. The Morgan fingerprint density at radius 2 is 1.50 bits per heavy atom. The average molecular weight is 634 g/mol. The van der Waals surface area contributed by atoms with Crippen molar-refractivity contribution in [2.45, 2.75) is 79.6 Å². The van der Waals surface area contributed by atoms with Gasteiger partial charge in [0.1, 0.15) is 5.75 Å². The van der Waals surface area contributed by atoms with Gasteiger partial charge in [0.05, 0.1) is 0 Å². The van der Waals surface area contributed by atoms with Crippen LogP contribution < -0.4 is 10.1 Å². The Kier molecular flexibility index (Phi) is 8.27. The van der Waals surface area contributed by atoms with Crippen LogP contribution in [0.5, 0.6) is 5.75 Å². The third-order valence-electron chi connectivity index (χ3n) is 8.45. The molecule has 7 heteroatoms. The van der Waals surface area contributed by atoms with Crippen LogP contribution >= 0.6 is 15.9 Å². The number of aryl methyl sites for hydroxylation is 1. The molecule has 0 fully saturated rings. The predicted octanol–water partition coefficient (Wildman–Crippen LogP) is 7.87. The molecule has 0 unspecified atom stereocenters. The van der Waals surface area contributed by atoms with Crippen molar-refractivity contribution >= 4 is 39.1 Å². The summed E-state index contributed by atoms with van der Waals surface area (Å²) in [7, 11) is 0. The monoisotopic (exact) mass is 632 g/mol. The fourth-order valence-corrected chi connectivity index (χ4v) is 7.08. The molecule has 0 bridgehead atoms. The molecule has 6 nitrogen and oxygen atoms in total. The van der Waals surface area contributed by atoms with Crippen LogP contribution in [0.25, 0.3) is 0 Å². The number of rotatable bonds is 7. The van der Waals surface area contributed by atoms with Gasteiger partial charge in [-0.15, -0.1) is 0 Å². The summed E-state index contributed by atoms with van der Waals surface area (Å²) in [6, 6.07) is 13.2. The number of Topliss-reactive ketones (excluding diaryl/α,β-unsaturated/α-hetero) is 2. The maximum atomic E-state index is 14.0. The van der Waals surface area contributed by atoms with E-state index >= 15 is 0 Å². The SMILES string of the molecule is CCCN1C2=C(C(=O)CC(C)(C)C2)C(c2cc(Br)ccc2OCC(=O)Nc2ccc(C)cc2)C2=C1CC(C)(C)CC2=O. The lowest BCUT2D eigenvalue weighted by atomic mass is 9.63. The first-order valence-corrected chi connectivity index (χ1v) is 15.7. The molecule has 3 aliphatic rings. The number of amides is 1. The summed E-state index contributed by atoms with van der Waals surface area (Å²) in [6.45, 7) is 13.3. The van der Waals surface area contributed by atoms with Gasteiger partial charge in [-0.2, -0.15) is 0 Å². The normalized spacial score (nSPS) is 19.9. The lowest BCUT2D eigenvalue weighted by molar-refractivity contribution is -0.120. The second-order valence-electron chi connectivity index (χ2n) is 13.6. The highest BCUT2D eigenvalue weighted by molar-refractivity contribution is 9.10. The van der Waals surface area contributed by atoms with E-state index in [4.69, 9.17) is 4.74 Å². The topological polar surface area (TPSA) is 75.7 Å². The van der Waals surface area contributed by atoms with Crippen molar-refractivity contribution in [3.05, 3.63) is 80.6 Å². The first kappa shape index (κ1) is 30.3. The third-order valence-corrected chi connectivity index (χ3v) is 8.94. The molecule has 42 heavy (non-hydrogen) atoms. The van der Waals surface area contributed by atoms with E-state index < -0.39 is 5.92 Å². The largest absolute Gasteiger partial charge is 0.483 e. The molecule has 2 aromatic carbocycles. The molecule has 1 heterocycles. The summed E-state index contributed by atoms with van der Waals surface area (Å²) in [6.07, 6.45) is 3.28. The number of carbonyl (C=O) groups is 3. The molecule has 0 aromatic heterocycles. The Hall–Kier alpha value is -3.19. The number of nitrogens with zero attached hydrogens (tertiary/aromatic N) is 1. The zero-order chi connectivity index (χ0) is 30.4. The van der Waals surface area contributed by atoms with E-state index in [9.17, 15) is 14.4 Å². The lowest BCUT2D eigenvalue weighted by Crippen LogP contribution is -2.44. The fourth-order valence-electron chi connectivity index (χ4n) is 6.71. The molecule has 0 saturated heterocycles. The standard InChI is InChI=1S/C35H41BrN2O4/c1-7-14-38-25-16-34(3,4)18-27(39)32(25)31(33-26(38)17-35(5,6)19-28(33)40)24-15-22(36)10-13-29(24)42-20-30(41)37-23-11-8-21(2)9-12-23/h8-13,15,31H,7,14,16-20H2,1-6H3,(H,37,41). The molecule has 1 aliphatic heterocycles. The van der Waals surface area contributed by atoms with Crippen LogP contribution in [-0.2, 0) is 14.4 Å². The van der Waals surface area contributed by atoms with E-state index in [-0.39, 0.29) is 34.9 Å². The Balaban J connectivity index is 1.60. The van der Waals surface area contributed by atoms with Crippen LogP contribution in [0.2, 0.25) is 0 Å². The molecular formula is C35H41BrN2O4. The van der Waals surface area contributed by atoms with Crippen molar-refractivity contribution in [1.82, 2.24) is 4.90 Å². The molecule has 1 N–H and O–H groups in total. The van der Waals surface area contributed by atoms with E-state index in [0.29, 0.717) is 35.4 Å². The summed E-state index contributed by atoms with van der Waals surface area (Å²) in [5.41, 5.74) is 5.69. The Labute approximate surface area is 257 Å². The van der Waals surface area contributed by atoms with Crippen LogP contribution in [0.15, 0.2) is 69.5 Å². The van der Waals surface area contributed by atoms with E-state index in [0.717, 1.165) is 52.8 Å². The second-order valence-corrected chi connectivity index (χ2v) is 14.5. The van der Waals surface area contributed by atoms with Gasteiger partial charge in [-0.3, -0.25) is 14.4 Å². The van der Waals surface area contributed by atoms with E-state index in [1.165, 1.54) is 0 Å². The highest BCUT2D eigenvalue weighted by atomic mass is 79.9. The van der Waals surface area contributed by atoms with Gasteiger partial charge in [0.2, 0.25) is 0 Å². The summed E-state index contributed by atoms with van der Waals surface area (Å²) >= 11 is 3.63. The second kappa shape index (κ2) is 11.5. The summed E-state index contributed by atoms with van der Waals surface area (Å²) in [5.74, 6) is -0.154. The number of halogens is 1. The minimum atomic E-state index is -0.539. The van der Waals surface area contributed by atoms with Gasteiger partial charge in [-0.05, 0) is 67.3 Å². The first-order valence-electron chi connectivity index (χ1n) is 14.9. The lowest BCUT2D eigenvalue weighted by Gasteiger charge is -2.49. The third kappa shape index (κ3) is 6.12. The van der Waals surface area contributed by atoms with Crippen molar-refractivity contribution in [3.63, 3.8) is 0 Å². The molecular weight excluding hydrogens is 592 g/mol. The van der Waals surface area contributed by atoms with Crippen molar-refractivity contribution in [3.8, 4) is 5.75 Å². The average Bonchev–Trinajstić information content (AvgIpc) is 2.88. The van der Waals surface area contributed by atoms with E-state index in [1.807, 2.05) is 49.4 Å². The number of allylic oxidation sites excluding steroid dienone is 4. The van der Waals surface area contributed by atoms with Crippen LogP contribution in [-0.4, -0.2) is 35.5 Å². The van der Waals surface area contributed by atoms with Crippen LogP contribution in [0, 0.1) is 17.8 Å². The molecule has 0 radical (unpaired) electrons. The van der Waals surface area contributed by atoms with Gasteiger partial charge in [-0.25, -0.2) is 0 Å². The summed E-state index contributed by atoms with van der Waals surface area (Å²) in [4.78, 5) is 43.2. The van der Waals surface area contributed by atoms with Gasteiger partial charge in [0.15, 0.2) is 18.2 Å². The van der Waals surface area contributed by atoms with Crippen LogP contribution in [0.3, 0.4) is 0 Å². The smallest absolute Gasteiger partial charge is 0.262 e. The highest BCUT2D eigenvalue weighted by Crippen LogP contribution is 2.55. The fraction of sp³-hybridized carbons (Fsp3) is 0.457. The van der Waals surface area contributed by atoms with Gasteiger partial charge in [0, 0.05) is 63.6 Å². The van der Waals surface area contributed by atoms with Crippen molar-refractivity contribution in [1.29, 1.82) is 0 Å². The molecule has 0 saturated carbocycles. The minimum Gasteiger partial charge on any atom is -0.483 e. The summed E-state index contributed by atoms with van der Waals surface area (Å²) in [5, 5.41) is 2.89. The zero-order valence-electron chi connectivity index (χ0n) is 25.5. The minimum absolute atomic E-state index is 0.0829. The molecule has 222 valence electrons. The van der Waals surface area contributed by atoms with Crippen LogP contribution in [0.1, 0.15) is 83.8 Å². The predicted molar refractivity (Wildman–Crippen MR) is 169 cm³/mol. The molecule has 1 amide bonds. The number of hydrogen-bond acceptors (Lipinski definition) is 5. The Morgan fingerprint density at radius 3 is 2.05 bits per heavy atom. The zero-order valence-corrected chi connectivity index (χ0v) is 27.1. The summed E-state index contributed by atoms with van der Waals surface area (Å²) < 4.78 is 7.00. The number of hydrogen-bond donors (Lipinski definition) is 1. The molecule has 2 aliphatic carbocycles. The number of ether oxygens (including phenoxy) is 1. The van der Waals surface area contributed by atoms with Crippen molar-refractivity contribution < 1.29 is 19.1 Å². The number of anilines is 1. The number of nitrogens with one attached hydrogen (secondary N) is 1. The molecule has 0 spiro atoms. The molecule has 5 rings (SSSR count). The van der Waals surface area contributed by atoms with Crippen molar-refractivity contribution in [2.24, 2.45) is 10.8 Å². The Morgan fingerprint density at radius 1 is 0.929 bits per heavy atom. The maximum absolute atomic E-state index is 14.0. The molecule has 0 atom stereocenters. The highest BCUT2D eigenvalue weighted by Gasteiger charge is 2.49. The van der Waals surface area contributed by atoms with Crippen molar-refractivity contribution in [2.75, 3.05) is 18.5 Å². The number of carbonyl (C=O) groups excluding carboxylic acids is 3. The Bertz CT molecular complexity index is 1450. The number of benzene rings is 2. The van der Waals surface area contributed by atoms with Crippen LogP contribution in [0.4, 0.5) is 5.69 Å². The first-order chi connectivity index (χ1) is 19.8.